The maximum absolute atomic E-state index is 12.7. The van der Waals surface area contributed by atoms with Gasteiger partial charge in [0.2, 0.25) is 0 Å². The van der Waals surface area contributed by atoms with Crippen LogP contribution in [0.4, 0.5) is 0 Å². The summed E-state index contributed by atoms with van der Waals surface area (Å²) in [6.45, 7) is 2.19. The SMILES string of the molecule is CCc1ccc2c(c1)CCC(NC(=O)c1ccc(-c3ccccc3)cc1)C2. The van der Waals surface area contributed by atoms with Crippen molar-refractivity contribution in [3.63, 3.8) is 0 Å². The molecule has 1 unspecified atom stereocenters. The van der Waals surface area contributed by atoms with E-state index in [1.807, 2.05) is 42.5 Å². The molecule has 0 aromatic heterocycles. The highest BCUT2D eigenvalue weighted by atomic mass is 16.1. The Balaban J connectivity index is 1.42. The zero-order valence-electron chi connectivity index (χ0n) is 15.7. The monoisotopic (exact) mass is 355 g/mol. The molecule has 0 spiro atoms. The lowest BCUT2D eigenvalue weighted by molar-refractivity contribution is 0.0933. The van der Waals surface area contributed by atoms with Crippen LogP contribution in [0.5, 0.6) is 0 Å². The number of fused-ring (bicyclic) bond motifs is 1. The van der Waals surface area contributed by atoms with E-state index in [-0.39, 0.29) is 11.9 Å². The van der Waals surface area contributed by atoms with Crippen LogP contribution < -0.4 is 5.32 Å². The first-order chi connectivity index (χ1) is 13.2. The summed E-state index contributed by atoms with van der Waals surface area (Å²) in [6.07, 6.45) is 4.05. The van der Waals surface area contributed by atoms with Crippen molar-refractivity contribution in [2.45, 2.75) is 38.6 Å². The second-order valence-electron chi connectivity index (χ2n) is 7.31. The van der Waals surface area contributed by atoms with E-state index < -0.39 is 0 Å². The molecule has 3 aromatic carbocycles. The van der Waals surface area contributed by atoms with Crippen molar-refractivity contribution in [2.75, 3.05) is 0 Å². The van der Waals surface area contributed by atoms with Crippen molar-refractivity contribution in [3.8, 4) is 11.1 Å². The minimum absolute atomic E-state index is 0.0215. The number of aryl methyl sites for hydroxylation is 2. The molecule has 2 heteroatoms. The third kappa shape index (κ3) is 3.95. The molecule has 2 nitrogen and oxygen atoms in total. The van der Waals surface area contributed by atoms with Crippen LogP contribution >= 0.6 is 0 Å². The topological polar surface area (TPSA) is 29.1 Å². The summed E-state index contributed by atoms with van der Waals surface area (Å²) in [6, 6.07) is 25.1. The van der Waals surface area contributed by atoms with Crippen LogP contribution in [0.1, 0.15) is 40.4 Å². The van der Waals surface area contributed by atoms with E-state index >= 15 is 0 Å². The number of hydrogen-bond donors (Lipinski definition) is 1. The Kier molecular flexibility index (Phi) is 5.06. The molecule has 1 aliphatic carbocycles. The van der Waals surface area contributed by atoms with Crippen LogP contribution in [0, 0.1) is 0 Å². The van der Waals surface area contributed by atoms with Gasteiger partial charge >= 0.3 is 0 Å². The van der Waals surface area contributed by atoms with Gasteiger partial charge in [-0.25, -0.2) is 0 Å². The average Bonchev–Trinajstić information content (AvgIpc) is 2.74. The molecular formula is C25H25NO. The van der Waals surface area contributed by atoms with Gasteiger partial charge in [-0.2, -0.15) is 0 Å². The minimum Gasteiger partial charge on any atom is -0.349 e. The number of hydrogen-bond acceptors (Lipinski definition) is 1. The van der Waals surface area contributed by atoms with E-state index in [4.69, 9.17) is 0 Å². The van der Waals surface area contributed by atoms with E-state index in [0.29, 0.717) is 0 Å². The Labute approximate surface area is 161 Å². The highest BCUT2D eigenvalue weighted by molar-refractivity contribution is 5.94. The van der Waals surface area contributed by atoms with Gasteiger partial charge in [-0.1, -0.05) is 67.6 Å². The number of nitrogens with one attached hydrogen (secondary N) is 1. The second kappa shape index (κ2) is 7.79. The number of carbonyl (C=O) groups is 1. The van der Waals surface area contributed by atoms with Crippen molar-refractivity contribution in [1.29, 1.82) is 0 Å². The standard InChI is InChI=1S/C25H25NO/c1-2-18-8-9-23-17-24(15-14-22(23)16-18)26-25(27)21-12-10-20(11-13-21)19-6-4-3-5-7-19/h3-13,16,24H,2,14-15,17H2,1H3,(H,26,27). The summed E-state index contributed by atoms with van der Waals surface area (Å²) >= 11 is 0. The van der Waals surface area contributed by atoms with Gasteiger partial charge in [0.05, 0.1) is 0 Å². The van der Waals surface area contributed by atoms with Crippen molar-refractivity contribution in [3.05, 3.63) is 95.1 Å². The van der Waals surface area contributed by atoms with Crippen LogP contribution in [0.3, 0.4) is 0 Å². The molecule has 0 fully saturated rings. The molecule has 0 bridgehead atoms. The van der Waals surface area contributed by atoms with Crippen LogP contribution in [0.25, 0.3) is 11.1 Å². The van der Waals surface area contributed by atoms with Gasteiger partial charge in [-0.05, 0) is 65.6 Å². The van der Waals surface area contributed by atoms with Crippen molar-refractivity contribution in [1.82, 2.24) is 5.32 Å². The van der Waals surface area contributed by atoms with E-state index in [1.165, 1.54) is 22.3 Å². The van der Waals surface area contributed by atoms with Gasteiger partial charge in [0, 0.05) is 11.6 Å². The first-order valence-electron chi connectivity index (χ1n) is 9.80. The molecule has 1 aliphatic rings. The summed E-state index contributed by atoms with van der Waals surface area (Å²) in [5.74, 6) is 0.0215. The third-order valence-corrected chi connectivity index (χ3v) is 5.50. The van der Waals surface area contributed by atoms with Crippen LogP contribution in [-0.2, 0) is 19.3 Å². The molecule has 27 heavy (non-hydrogen) atoms. The smallest absolute Gasteiger partial charge is 0.251 e. The third-order valence-electron chi connectivity index (χ3n) is 5.50. The highest BCUT2D eigenvalue weighted by Gasteiger charge is 2.21. The van der Waals surface area contributed by atoms with Gasteiger partial charge in [0.15, 0.2) is 0 Å². The molecular weight excluding hydrogens is 330 g/mol. The maximum atomic E-state index is 12.7. The van der Waals surface area contributed by atoms with E-state index in [9.17, 15) is 4.79 Å². The van der Waals surface area contributed by atoms with Crippen molar-refractivity contribution < 1.29 is 4.79 Å². The number of rotatable bonds is 4. The minimum atomic E-state index is 0.0215. The lowest BCUT2D eigenvalue weighted by atomic mass is 9.87. The first kappa shape index (κ1) is 17.5. The summed E-state index contributed by atoms with van der Waals surface area (Å²) in [4.78, 5) is 12.7. The average molecular weight is 355 g/mol. The molecule has 1 atom stereocenters. The zero-order valence-corrected chi connectivity index (χ0v) is 15.7. The Bertz CT molecular complexity index is 928. The normalized spacial score (nSPS) is 15.8. The van der Waals surface area contributed by atoms with Crippen LogP contribution in [-0.4, -0.2) is 11.9 Å². The largest absolute Gasteiger partial charge is 0.349 e. The molecule has 136 valence electrons. The fourth-order valence-electron chi connectivity index (χ4n) is 3.86. The number of carbonyl (C=O) groups excluding carboxylic acids is 1. The Hall–Kier alpha value is -2.87. The Morgan fingerprint density at radius 2 is 1.67 bits per heavy atom. The molecule has 0 radical (unpaired) electrons. The molecule has 4 rings (SSSR count). The van der Waals surface area contributed by atoms with Crippen LogP contribution in [0.2, 0.25) is 0 Å². The van der Waals surface area contributed by atoms with Crippen molar-refractivity contribution >= 4 is 5.91 Å². The zero-order chi connectivity index (χ0) is 18.6. The quantitative estimate of drug-likeness (QED) is 0.684. The highest BCUT2D eigenvalue weighted by Crippen LogP contribution is 2.24. The summed E-state index contributed by atoms with van der Waals surface area (Å²) in [7, 11) is 0. The van der Waals surface area contributed by atoms with Gasteiger partial charge < -0.3 is 5.32 Å². The fraction of sp³-hybridized carbons (Fsp3) is 0.240. The Morgan fingerprint density at radius 3 is 2.41 bits per heavy atom. The van der Waals surface area contributed by atoms with E-state index in [1.54, 1.807) is 0 Å². The lowest BCUT2D eigenvalue weighted by Crippen LogP contribution is -2.38. The molecule has 0 aliphatic heterocycles. The van der Waals surface area contributed by atoms with Gasteiger partial charge in [-0.3, -0.25) is 4.79 Å². The maximum Gasteiger partial charge on any atom is 0.251 e. The number of amides is 1. The summed E-state index contributed by atoms with van der Waals surface area (Å²) < 4.78 is 0. The molecule has 0 saturated carbocycles. The molecule has 0 saturated heterocycles. The second-order valence-corrected chi connectivity index (χ2v) is 7.31. The fourth-order valence-corrected chi connectivity index (χ4v) is 3.86. The number of benzene rings is 3. The van der Waals surface area contributed by atoms with Gasteiger partial charge in [-0.15, -0.1) is 0 Å². The van der Waals surface area contributed by atoms with E-state index in [2.05, 4.69) is 42.6 Å². The predicted molar refractivity (Wildman–Crippen MR) is 111 cm³/mol. The first-order valence-corrected chi connectivity index (χ1v) is 9.80. The predicted octanol–water partition coefficient (Wildman–Crippen LogP) is 5.20. The van der Waals surface area contributed by atoms with Gasteiger partial charge in [0.25, 0.3) is 5.91 Å². The van der Waals surface area contributed by atoms with Crippen LogP contribution in [0.15, 0.2) is 72.8 Å². The molecule has 1 amide bonds. The lowest BCUT2D eigenvalue weighted by Gasteiger charge is -2.26. The summed E-state index contributed by atoms with van der Waals surface area (Å²) in [5, 5.41) is 3.22. The van der Waals surface area contributed by atoms with Crippen molar-refractivity contribution in [2.24, 2.45) is 0 Å². The molecule has 0 heterocycles. The van der Waals surface area contributed by atoms with E-state index in [0.717, 1.165) is 36.8 Å². The summed E-state index contributed by atoms with van der Waals surface area (Å²) in [5.41, 5.74) is 7.25. The van der Waals surface area contributed by atoms with Gasteiger partial charge in [0.1, 0.15) is 0 Å². The Morgan fingerprint density at radius 1 is 0.926 bits per heavy atom. The molecule has 1 N–H and O–H groups in total. The molecule has 3 aromatic rings.